The quantitative estimate of drug-likeness (QED) is 0.897. The van der Waals surface area contributed by atoms with Crippen LogP contribution in [0.2, 0.25) is 0 Å². The summed E-state index contributed by atoms with van der Waals surface area (Å²) in [6.45, 7) is 6.18. The third-order valence-electron chi connectivity index (χ3n) is 4.27. The molecule has 3 heteroatoms. The first kappa shape index (κ1) is 15.5. The van der Waals surface area contributed by atoms with Crippen LogP contribution in [0.15, 0.2) is 18.2 Å². The molecule has 0 aromatic carbocycles. The number of aliphatic hydroxyl groups excluding tert-OH is 1. The van der Waals surface area contributed by atoms with E-state index in [1.807, 2.05) is 0 Å². The molecule has 1 aliphatic carbocycles. The summed E-state index contributed by atoms with van der Waals surface area (Å²) in [6.07, 6.45) is 4.46. The highest BCUT2D eigenvalue weighted by Crippen LogP contribution is 2.25. The first-order chi connectivity index (χ1) is 9.56. The van der Waals surface area contributed by atoms with Crippen molar-refractivity contribution in [2.24, 2.45) is 5.92 Å². The fraction of sp³-hybridized carbons (Fsp3) is 0.706. The Balaban J connectivity index is 1.90. The largest absolute Gasteiger partial charge is 0.393 e. The molecular formula is C17H28N2O. The van der Waals surface area contributed by atoms with Gasteiger partial charge in [-0.3, -0.25) is 4.98 Å². The summed E-state index contributed by atoms with van der Waals surface area (Å²) < 4.78 is 0. The molecule has 0 spiro atoms. The summed E-state index contributed by atoms with van der Waals surface area (Å²) in [5, 5.41) is 10.1. The third-order valence-corrected chi connectivity index (χ3v) is 4.27. The fourth-order valence-electron chi connectivity index (χ4n) is 3.05. The molecule has 2 atom stereocenters. The Bertz CT molecular complexity index is 419. The van der Waals surface area contributed by atoms with E-state index in [4.69, 9.17) is 4.98 Å². The van der Waals surface area contributed by atoms with Crippen molar-refractivity contribution in [1.82, 2.24) is 9.88 Å². The van der Waals surface area contributed by atoms with Gasteiger partial charge in [0.1, 0.15) is 0 Å². The van der Waals surface area contributed by atoms with Crippen LogP contribution in [-0.2, 0) is 6.54 Å². The van der Waals surface area contributed by atoms with Crippen molar-refractivity contribution in [3.05, 3.63) is 29.6 Å². The number of hydrogen-bond acceptors (Lipinski definition) is 3. The molecule has 3 nitrogen and oxygen atoms in total. The highest BCUT2D eigenvalue weighted by atomic mass is 16.3. The van der Waals surface area contributed by atoms with Gasteiger partial charge in [0, 0.05) is 18.8 Å². The molecule has 1 heterocycles. The maximum Gasteiger partial charge on any atom is 0.0580 e. The number of pyridine rings is 1. The Morgan fingerprint density at radius 3 is 2.75 bits per heavy atom. The van der Waals surface area contributed by atoms with Crippen molar-refractivity contribution < 1.29 is 5.11 Å². The molecule has 1 aromatic heterocycles. The lowest BCUT2D eigenvalue weighted by Gasteiger charge is -2.31. The molecule has 0 aliphatic heterocycles. The fourth-order valence-corrected chi connectivity index (χ4v) is 3.05. The molecule has 1 aliphatic rings. The molecule has 1 aromatic rings. The predicted molar refractivity (Wildman–Crippen MR) is 82.6 cm³/mol. The van der Waals surface area contributed by atoms with E-state index < -0.39 is 0 Å². The SMILES string of the molecule is CC(C)c1cccc(CN(C)CC2CCCCC2O)n1. The number of aromatic nitrogens is 1. The number of hydrogen-bond donors (Lipinski definition) is 1. The topological polar surface area (TPSA) is 36.4 Å². The second kappa shape index (κ2) is 7.19. The van der Waals surface area contributed by atoms with Crippen LogP contribution in [-0.4, -0.2) is 34.7 Å². The van der Waals surface area contributed by atoms with Gasteiger partial charge in [0.05, 0.1) is 11.8 Å². The van der Waals surface area contributed by atoms with Gasteiger partial charge in [-0.2, -0.15) is 0 Å². The van der Waals surface area contributed by atoms with Gasteiger partial charge in [-0.1, -0.05) is 32.8 Å². The van der Waals surface area contributed by atoms with Crippen molar-refractivity contribution in [2.75, 3.05) is 13.6 Å². The molecule has 0 bridgehead atoms. The molecule has 112 valence electrons. The van der Waals surface area contributed by atoms with E-state index in [-0.39, 0.29) is 6.10 Å². The maximum absolute atomic E-state index is 10.1. The average molecular weight is 276 g/mol. The zero-order valence-electron chi connectivity index (χ0n) is 13.0. The maximum atomic E-state index is 10.1. The standard InChI is InChI=1S/C17H28N2O/c1-13(2)16-9-6-8-15(18-16)12-19(3)11-14-7-4-5-10-17(14)20/h6,8-9,13-14,17,20H,4-5,7,10-12H2,1-3H3. The molecule has 1 fully saturated rings. The lowest BCUT2D eigenvalue weighted by atomic mass is 9.86. The number of nitrogens with zero attached hydrogens (tertiary/aromatic N) is 2. The van der Waals surface area contributed by atoms with E-state index >= 15 is 0 Å². The molecule has 0 saturated heterocycles. The van der Waals surface area contributed by atoms with E-state index in [0.717, 1.165) is 37.3 Å². The van der Waals surface area contributed by atoms with E-state index in [2.05, 4.69) is 44.0 Å². The Kier molecular flexibility index (Phi) is 5.55. The van der Waals surface area contributed by atoms with E-state index in [1.54, 1.807) is 0 Å². The van der Waals surface area contributed by atoms with Gasteiger partial charge >= 0.3 is 0 Å². The normalized spacial score (nSPS) is 23.5. The van der Waals surface area contributed by atoms with Gasteiger partial charge in [-0.15, -0.1) is 0 Å². The van der Waals surface area contributed by atoms with Crippen LogP contribution in [0.3, 0.4) is 0 Å². The van der Waals surface area contributed by atoms with Gasteiger partial charge in [0.2, 0.25) is 0 Å². The highest BCUT2D eigenvalue weighted by molar-refractivity contribution is 5.13. The third kappa shape index (κ3) is 4.29. The van der Waals surface area contributed by atoms with Gasteiger partial charge < -0.3 is 10.0 Å². The first-order valence-electron chi connectivity index (χ1n) is 7.88. The van der Waals surface area contributed by atoms with Crippen LogP contribution in [0.5, 0.6) is 0 Å². The second-order valence-corrected chi connectivity index (χ2v) is 6.52. The molecule has 2 unspecified atom stereocenters. The Morgan fingerprint density at radius 2 is 2.05 bits per heavy atom. The average Bonchev–Trinajstić information content (AvgIpc) is 2.41. The zero-order valence-corrected chi connectivity index (χ0v) is 13.0. The minimum atomic E-state index is -0.110. The summed E-state index contributed by atoms with van der Waals surface area (Å²) in [7, 11) is 2.13. The molecular weight excluding hydrogens is 248 g/mol. The van der Waals surface area contributed by atoms with Crippen LogP contribution in [0.25, 0.3) is 0 Å². The number of rotatable bonds is 5. The zero-order chi connectivity index (χ0) is 14.5. The Morgan fingerprint density at radius 1 is 1.30 bits per heavy atom. The first-order valence-corrected chi connectivity index (χ1v) is 7.88. The lowest BCUT2D eigenvalue weighted by Crippen LogP contribution is -2.34. The molecule has 0 amide bonds. The summed E-state index contributed by atoms with van der Waals surface area (Å²) in [5.74, 6) is 0.905. The Hall–Kier alpha value is -0.930. The second-order valence-electron chi connectivity index (χ2n) is 6.52. The van der Waals surface area contributed by atoms with Gasteiger partial charge in [-0.05, 0) is 43.9 Å². The molecule has 1 N–H and O–H groups in total. The van der Waals surface area contributed by atoms with Crippen LogP contribution < -0.4 is 0 Å². The number of aliphatic hydroxyl groups is 1. The van der Waals surface area contributed by atoms with Crippen LogP contribution in [0.4, 0.5) is 0 Å². The van der Waals surface area contributed by atoms with Crippen molar-refractivity contribution in [2.45, 2.75) is 58.1 Å². The van der Waals surface area contributed by atoms with Crippen molar-refractivity contribution in [3.63, 3.8) is 0 Å². The molecule has 0 radical (unpaired) electrons. The summed E-state index contributed by atoms with van der Waals surface area (Å²) in [6, 6.07) is 6.29. The molecule has 2 rings (SSSR count). The van der Waals surface area contributed by atoms with Crippen molar-refractivity contribution in [1.29, 1.82) is 0 Å². The van der Waals surface area contributed by atoms with Crippen LogP contribution in [0, 0.1) is 5.92 Å². The van der Waals surface area contributed by atoms with E-state index in [0.29, 0.717) is 11.8 Å². The smallest absolute Gasteiger partial charge is 0.0580 e. The van der Waals surface area contributed by atoms with Gasteiger partial charge in [0.15, 0.2) is 0 Å². The molecule has 20 heavy (non-hydrogen) atoms. The Labute approximate surface area is 123 Å². The minimum Gasteiger partial charge on any atom is -0.393 e. The van der Waals surface area contributed by atoms with Crippen LogP contribution >= 0.6 is 0 Å². The highest BCUT2D eigenvalue weighted by Gasteiger charge is 2.24. The summed E-state index contributed by atoms with van der Waals surface area (Å²) in [5.41, 5.74) is 2.29. The van der Waals surface area contributed by atoms with Gasteiger partial charge in [0.25, 0.3) is 0 Å². The minimum absolute atomic E-state index is 0.110. The van der Waals surface area contributed by atoms with E-state index in [9.17, 15) is 5.11 Å². The predicted octanol–water partition coefficient (Wildman–Crippen LogP) is 3.19. The van der Waals surface area contributed by atoms with Crippen molar-refractivity contribution >= 4 is 0 Å². The van der Waals surface area contributed by atoms with Crippen molar-refractivity contribution in [3.8, 4) is 0 Å². The van der Waals surface area contributed by atoms with E-state index in [1.165, 1.54) is 12.8 Å². The monoisotopic (exact) mass is 276 g/mol. The molecule has 1 saturated carbocycles. The summed E-state index contributed by atoms with van der Waals surface area (Å²) in [4.78, 5) is 7.02. The van der Waals surface area contributed by atoms with Crippen LogP contribution in [0.1, 0.15) is 56.8 Å². The lowest BCUT2D eigenvalue weighted by molar-refractivity contribution is 0.0499. The van der Waals surface area contributed by atoms with Gasteiger partial charge in [-0.25, -0.2) is 0 Å². The summed E-state index contributed by atoms with van der Waals surface area (Å²) >= 11 is 0.